The van der Waals surface area contributed by atoms with Gasteiger partial charge in [0.1, 0.15) is 0 Å². The van der Waals surface area contributed by atoms with E-state index in [1.165, 1.54) is 12.8 Å². The molecule has 6 nitrogen and oxygen atoms in total. The summed E-state index contributed by atoms with van der Waals surface area (Å²) in [4.78, 5) is 4.31. The first kappa shape index (κ1) is 20.7. The molecule has 4 aliphatic carbocycles. The second-order valence-electron chi connectivity index (χ2n) is 11.4. The van der Waals surface area contributed by atoms with E-state index in [0.717, 1.165) is 70.4 Å². The molecule has 0 aromatic heterocycles. The molecule has 8 atom stereocenters. The Balaban J connectivity index is 1.30. The van der Waals surface area contributed by atoms with E-state index < -0.39 is 5.60 Å². The van der Waals surface area contributed by atoms with Crippen LogP contribution in [0.3, 0.4) is 0 Å². The molecule has 1 heterocycles. The molecule has 0 aromatic carbocycles. The fourth-order valence-electron chi connectivity index (χ4n) is 8.45. The van der Waals surface area contributed by atoms with Crippen molar-refractivity contribution in [2.75, 3.05) is 13.1 Å². The monoisotopic (exact) mass is 416 g/mol. The zero-order valence-corrected chi connectivity index (χ0v) is 18.7. The van der Waals surface area contributed by atoms with E-state index in [9.17, 15) is 10.2 Å². The lowest BCUT2D eigenvalue weighted by molar-refractivity contribution is -0.209. The predicted octanol–water partition coefficient (Wildman–Crippen LogP) is 3.05. The van der Waals surface area contributed by atoms with E-state index in [0.29, 0.717) is 29.1 Å². The van der Waals surface area contributed by atoms with E-state index in [1.54, 1.807) is 0 Å². The highest BCUT2D eigenvalue weighted by atomic mass is 16.3. The van der Waals surface area contributed by atoms with E-state index in [2.05, 4.69) is 34.7 Å². The van der Waals surface area contributed by atoms with Gasteiger partial charge in [0.15, 0.2) is 0 Å². The summed E-state index contributed by atoms with van der Waals surface area (Å²) in [7, 11) is 0. The van der Waals surface area contributed by atoms with Crippen LogP contribution in [0.4, 0.5) is 0 Å². The highest BCUT2D eigenvalue weighted by molar-refractivity contribution is 5.81. The molecular weight excluding hydrogens is 376 g/mol. The first-order valence-electron chi connectivity index (χ1n) is 12.3. The quantitative estimate of drug-likeness (QED) is 0.421. The number of nitrogens with zero attached hydrogens (tertiary/aromatic N) is 2. The molecule has 4 fully saturated rings. The molecule has 4 N–H and O–H groups in total. The summed E-state index contributed by atoms with van der Waals surface area (Å²) in [6.45, 7) is 6.54. The molecule has 30 heavy (non-hydrogen) atoms. The summed E-state index contributed by atoms with van der Waals surface area (Å²) in [5.41, 5.74) is 2.76. The third kappa shape index (κ3) is 3.04. The van der Waals surface area contributed by atoms with Gasteiger partial charge in [-0.25, -0.2) is 10.4 Å². The zero-order chi connectivity index (χ0) is 21.0. The fraction of sp³-hybridized carbons (Fsp3) is 0.917. The van der Waals surface area contributed by atoms with Crippen LogP contribution in [0.2, 0.25) is 0 Å². The van der Waals surface area contributed by atoms with Gasteiger partial charge in [-0.2, -0.15) is 5.10 Å². The van der Waals surface area contributed by atoms with E-state index in [4.69, 9.17) is 0 Å². The molecule has 1 aliphatic heterocycles. The van der Waals surface area contributed by atoms with Crippen LogP contribution in [0.5, 0.6) is 0 Å². The number of aliphatic hydroxyl groups excluding tert-OH is 1. The topological polar surface area (TPSA) is 89.2 Å². The maximum Gasteiger partial charge on any atom is 0.212 e. The molecule has 5 rings (SSSR count). The normalized spacial score (nSPS) is 50.4. The number of guanidine groups is 1. The molecule has 5 aliphatic rings. The van der Waals surface area contributed by atoms with Crippen molar-refractivity contribution >= 4 is 12.2 Å². The molecule has 0 unspecified atom stereocenters. The number of nitrogens with one attached hydrogen (secondary N) is 2. The lowest BCUT2D eigenvalue weighted by Gasteiger charge is -2.63. The van der Waals surface area contributed by atoms with Crippen molar-refractivity contribution in [2.45, 2.75) is 89.8 Å². The van der Waals surface area contributed by atoms with Crippen molar-refractivity contribution in [1.29, 1.82) is 0 Å². The summed E-state index contributed by atoms with van der Waals surface area (Å²) < 4.78 is 0. The lowest BCUT2D eigenvalue weighted by atomic mass is 9.43. The maximum atomic E-state index is 12.2. The lowest BCUT2D eigenvalue weighted by Crippen LogP contribution is -2.62. The molecule has 6 heteroatoms. The van der Waals surface area contributed by atoms with Crippen LogP contribution in [0.25, 0.3) is 0 Å². The van der Waals surface area contributed by atoms with Gasteiger partial charge in [0.2, 0.25) is 5.96 Å². The molecule has 0 spiro atoms. The number of aliphatic imine (C=N–C) groups is 1. The third-order valence-corrected chi connectivity index (χ3v) is 10.3. The van der Waals surface area contributed by atoms with Crippen molar-refractivity contribution in [3.05, 3.63) is 0 Å². The fourth-order valence-corrected chi connectivity index (χ4v) is 8.45. The van der Waals surface area contributed by atoms with Gasteiger partial charge in [0.25, 0.3) is 0 Å². The van der Waals surface area contributed by atoms with Crippen LogP contribution < -0.4 is 10.7 Å². The second kappa shape index (κ2) is 7.47. The number of hydrazone groups is 1. The van der Waals surface area contributed by atoms with Crippen LogP contribution >= 0.6 is 0 Å². The number of hydrogen-bond acceptors (Lipinski definition) is 6. The highest BCUT2D eigenvalue weighted by Gasteiger charge is 2.66. The summed E-state index contributed by atoms with van der Waals surface area (Å²) in [6.07, 6.45) is 12.6. The van der Waals surface area contributed by atoms with Crippen LogP contribution in [-0.4, -0.2) is 47.2 Å². The molecular formula is C24H40N4O2. The van der Waals surface area contributed by atoms with Gasteiger partial charge in [-0.3, -0.25) is 0 Å². The largest absolute Gasteiger partial charge is 0.393 e. The Bertz CT molecular complexity index is 726. The van der Waals surface area contributed by atoms with Crippen LogP contribution in [0, 0.1) is 34.5 Å². The maximum absolute atomic E-state index is 12.2. The summed E-state index contributed by atoms with van der Waals surface area (Å²) in [6, 6.07) is 0. The zero-order valence-electron chi connectivity index (χ0n) is 18.7. The first-order valence-corrected chi connectivity index (χ1v) is 12.3. The Morgan fingerprint density at radius 2 is 2.00 bits per heavy atom. The predicted molar refractivity (Wildman–Crippen MR) is 119 cm³/mol. The summed E-state index contributed by atoms with van der Waals surface area (Å²) in [5.74, 6) is 2.93. The smallest absolute Gasteiger partial charge is 0.212 e. The number of fused-ring (bicyclic) bond motifs is 5. The molecule has 168 valence electrons. The molecule has 0 bridgehead atoms. The van der Waals surface area contributed by atoms with Crippen molar-refractivity contribution in [2.24, 2.45) is 44.6 Å². The van der Waals surface area contributed by atoms with Gasteiger partial charge in [-0.1, -0.05) is 13.8 Å². The Morgan fingerprint density at radius 1 is 1.13 bits per heavy atom. The number of aliphatic hydroxyl groups is 2. The van der Waals surface area contributed by atoms with Crippen molar-refractivity contribution < 1.29 is 10.2 Å². The third-order valence-electron chi connectivity index (χ3n) is 10.3. The van der Waals surface area contributed by atoms with Gasteiger partial charge >= 0.3 is 0 Å². The van der Waals surface area contributed by atoms with Crippen molar-refractivity contribution in [1.82, 2.24) is 10.7 Å². The minimum absolute atomic E-state index is 0.0132. The van der Waals surface area contributed by atoms with Crippen molar-refractivity contribution in [3.8, 4) is 0 Å². The van der Waals surface area contributed by atoms with E-state index in [1.807, 2.05) is 6.21 Å². The Hall–Kier alpha value is -1.14. The SMILES string of the molecule is C[C@]12CC[C@H](O)C[C@H]1CC[C@@H]1[C@@H]2CC[C@]2(C)[C@@H](C/C=N/NC3=NCCN3)CC[C@]12O. The molecule has 4 saturated carbocycles. The highest BCUT2D eigenvalue weighted by Crippen LogP contribution is 2.69. The minimum atomic E-state index is -0.539. The number of hydrogen-bond donors (Lipinski definition) is 4. The Morgan fingerprint density at radius 3 is 2.80 bits per heavy atom. The van der Waals surface area contributed by atoms with E-state index >= 15 is 0 Å². The standard InChI is InChI=1S/C24H40N4O2/c1-22-9-6-18(29)15-17(22)3-4-20-19(22)7-10-23(2)16(5-11-24(20,23)30)8-12-27-28-21-25-13-14-26-21/h12,16-20,29-30H,3-11,13-15H2,1-2H3,(H2,25,26,28)/b27-12+/t16-,17-,18+,19+,20-,22+,23-,24+/m1/s1. The summed E-state index contributed by atoms with van der Waals surface area (Å²) >= 11 is 0. The van der Waals surface area contributed by atoms with Gasteiger partial charge in [-0.15, -0.1) is 0 Å². The average molecular weight is 417 g/mol. The van der Waals surface area contributed by atoms with Crippen molar-refractivity contribution in [3.63, 3.8) is 0 Å². The average Bonchev–Trinajstić information content (AvgIpc) is 3.32. The Labute approximate surface area is 181 Å². The molecule has 0 radical (unpaired) electrons. The minimum Gasteiger partial charge on any atom is -0.393 e. The molecule has 0 aromatic rings. The first-order chi connectivity index (χ1) is 14.4. The second-order valence-corrected chi connectivity index (χ2v) is 11.4. The molecule has 0 amide bonds. The van der Waals surface area contributed by atoms with Crippen LogP contribution in [-0.2, 0) is 0 Å². The Kier molecular flexibility index (Phi) is 5.17. The van der Waals surface area contributed by atoms with Crippen LogP contribution in [0.1, 0.15) is 78.1 Å². The summed E-state index contributed by atoms with van der Waals surface area (Å²) in [5, 5.41) is 30.0. The number of rotatable bonds is 3. The van der Waals surface area contributed by atoms with Gasteiger partial charge in [0, 0.05) is 12.8 Å². The molecule has 0 saturated heterocycles. The van der Waals surface area contributed by atoms with E-state index in [-0.39, 0.29) is 11.5 Å². The van der Waals surface area contributed by atoms with Crippen LogP contribution in [0.15, 0.2) is 10.1 Å². The van der Waals surface area contributed by atoms with Gasteiger partial charge in [0.05, 0.1) is 18.2 Å². The van der Waals surface area contributed by atoms with Gasteiger partial charge in [-0.05, 0) is 98.7 Å². The van der Waals surface area contributed by atoms with Gasteiger partial charge < -0.3 is 15.5 Å².